The summed E-state index contributed by atoms with van der Waals surface area (Å²) < 4.78 is 10.4. The average molecular weight is 246 g/mol. The molecule has 2 aromatic rings. The summed E-state index contributed by atoms with van der Waals surface area (Å²) in [5.74, 6) is 1.80. The molecule has 0 spiro atoms. The van der Waals surface area contributed by atoms with Gasteiger partial charge in [0, 0.05) is 12.0 Å². The summed E-state index contributed by atoms with van der Waals surface area (Å²) in [4.78, 5) is 15.5. The van der Waals surface area contributed by atoms with Crippen molar-refractivity contribution in [3.8, 4) is 5.75 Å². The number of ketones is 1. The molecular weight excluding hydrogens is 232 g/mol. The summed E-state index contributed by atoms with van der Waals surface area (Å²) in [6, 6.07) is 7.01. The van der Waals surface area contributed by atoms with Gasteiger partial charge in [0.05, 0.1) is 0 Å². The minimum absolute atomic E-state index is 0.120. The summed E-state index contributed by atoms with van der Waals surface area (Å²) in [6.07, 6.45) is 0.501. The van der Waals surface area contributed by atoms with Crippen LogP contribution in [0.1, 0.15) is 35.4 Å². The van der Waals surface area contributed by atoms with Crippen LogP contribution in [0.4, 0.5) is 0 Å². The molecule has 5 heteroatoms. The maximum atomic E-state index is 11.4. The number of hydrogen-bond donors (Lipinski definition) is 0. The lowest BCUT2D eigenvalue weighted by Crippen LogP contribution is -1.98. The van der Waals surface area contributed by atoms with Crippen molar-refractivity contribution in [2.24, 2.45) is 0 Å². The van der Waals surface area contributed by atoms with E-state index in [2.05, 4.69) is 10.1 Å². The molecular formula is C13H14N2O3. The molecule has 0 aliphatic heterocycles. The predicted molar refractivity (Wildman–Crippen MR) is 64.4 cm³/mol. The van der Waals surface area contributed by atoms with E-state index in [0.29, 0.717) is 29.4 Å². The Labute approximate surface area is 105 Å². The van der Waals surface area contributed by atoms with E-state index in [4.69, 9.17) is 9.26 Å². The molecule has 0 N–H and O–H groups in total. The van der Waals surface area contributed by atoms with Crippen LogP contribution in [0.15, 0.2) is 28.8 Å². The van der Waals surface area contributed by atoms with Gasteiger partial charge in [-0.05, 0) is 31.2 Å². The summed E-state index contributed by atoms with van der Waals surface area (Å²) in [7, 11) is 0. The molecule has 0 aliphatic carbocycles. The van der Waals surface area contributed by atoms with Crippen molar-refractivity contribution in [2.75, 3.05) is 0 Å². The topological polar surface area (TPSA) is 65.2 Å². The van der Waals surface area contributed by atoms with Crippen LogP contribution in [0, 0.1) is 6.92 Å². The molecule has 1 aromatic carbocycles. The zero-order valence-corrected chi connectivity index (χ0v) is 10.3. The molecule has 1 aromatic heterocycles. The largest absolute Gasteiger partial charge is 0.484 e. The Kier molecular flexibility index (Phi) is 3.72. The van der Waals surface area contributed by atoms with E-state index in [9.17, 15) is 4.79 Å². The Hall–Kier alpha value is -2.17. The van der Waals surface area contributed by atoms with Gasteiger partial charge in [0.1, 0.15) is 5.75 Å². The number of Topliss-reactive ketones (excluding diaryl/α,β-unsaturated/α-hetero) is 1. The fourth-order valence-electron chi connectivity index (χ4n) is 1.48. The molecule has 18 heavy (non-hydrogen) atoms. The van der Waals surface area contributed by atoms with Gasteiger partial charge in [-0.1, -0.05) is 12.1 Å². The van der Waals surface area contributed by atoms with E-state index in [1.165, 1.54) is 0 Å². The second-order valence-electron chi connectivity index (χ2n) is 3.83. The summed E-state index contributed by atoms with van der Waals surface area (Å²) in [5, 5.41) is 3.67. The number of ether oxygens (including phenoxy) is 1. The first kappa shape index (κ1) is 12.3. The minimum atomic E-state index is 0.120. The molecule has 0 amide bonds. The van der Waals surface area contributed by atoms with Crippen molar-refractivity contribution < 1.29 is 14.1 Å². The molecule has 0 saturated carbocycles. The summed E-state index contributed by atoms with van der Waals surface area (Å²) >= 11 is 0. The number of aromatic nitrogens is 2. The van der Waals surface area contributed by atoms with Gasteiger partial charge in [-0.2, -0.15) is 4.98 Å². The highest BCUT2D eigenvalue weighted by molar-refractivity contribution is 5.95. The second-order valence-corrected chi connectivity index (χ2v) is 3.83. The molecule has 0 atom stereocenters. The van der Waals surface area contributed by atoms with Gasteiger partial charge in [-0.25, -0.2) is 0 Å². The molecule has 5 nitrogen and oxygen atoms in total. The Morgan fingerprint density at radius 1 is 1.33 bits per heavy atom. The normalized spacial score (nSPS) is 10.3. The first-order valence-corrected chi connectivity index (χ1v) is 5.74. The summed E-state index contributed by atoms with van der Waals surface area (Å²) in [6.45, 7) is 3.81. The van der Waals surface area contributed by atoms with Crippen molar-refractivity contribution in [1.29, 1.82) is 0 Å². The highest BCUT2D eigenvalue weighted by Gasteiger charge is 2.05. The van der Waals surface area contributed by atoms with Gasteiger partial charge in [-0.3, -0.25) is 4.79 Å². The van der Waals surface area contributed by atoms with E-state index in [0.717, 1.165) is 0 Å². The molecule has 0 fully saturated rings. The number of benzene rings is 1. The van der Waals surface area contributed by atoms with Crippen LogP contribution in [0.2, 0.25) is 0 Å². The molecule has 1 heterocycles. The van der Waals surface area contributed by atoms with Crippen LogP contribution >= 0.6 is 0 Å². The lowest BCUT2D eigenvalue weighted by Gasteiger charge is -2.03. The van der Waals surface area contributed by atoms with E-state index < -0.39 is 0 Å². The molecule has 0 saturated heterocycles. The van der Waals surface area contributed by atoms with Gasteiger partial charge < -0.3 is 9.26 Å². The maximum Gasteiger partial charge on any atom is 0.264 e. The third kappa shape index (κ3) is 2.94. The first-order chi connectivity index (χ1) is 8.69. The first-order valence-electron chi connectivity index (χ1n) is 5.74. The number of hydrogen-bond acceptors (Lipinski definition) is 5. The molecule has 0 aliphatic rings. The molecule has 94 valence electrons. The van der Waals surface area contributed by atoms with Crippen molar-refractivity contribution in [1.82, 2.24) is 10.1 Å². The minimum Gasteiger partial charge on any atom is -0.484 e. The van der Waals surface area contributed by atoms with Crippen molar-refractivity contribution in [3.63, 3.8) is 0 Å². The van der Waals surface area contributed by atoms with Crippen molar-refractivity contribution in [2.45, 2.75) is 26.9 Å². The number of carbonyl (C=O) groups is 1. The highest BCUT2D eigenvalue weighted by atomic mass is 16.5. The van der Waals surface area contributed by atoms with E-state index in [1.807, 2.05) is 6.92 Å². The standard InChI is InChI=1S/C13H14N2O3/c1-3-12(16)10-4-6-11(7-5-10)17-8-13-14-9(2)15-18-13/h4-7H,3,8H2,1-2H3. The van der Waals surface area contributed by atoms with Crippen LogP contribution in [0.25, 0.3) is 0 Å². The Balaban J connectivity index is 1.96. The zero-order valence-electron chi connectivity index (χ0n) is 10.3. The Bertz CT molecular complexity index is 531. The number of aryl methyl sites for hydroxylation is 1. The average Bonchev–Trinajstić information content (AvgIpc) is 2.82. The fraction of sp³-hybridized carbons (Fsp3) is 0.308. The van der Waals surface area contributed by atoms with Crippen LogP contribution in [-0.2, 0) is 6.61 Å². The number of rotatable bonds is 5. The van der Waals surface area contributed by atoms with Gasteiger partial charge in [0.15, 0.2) is 18.2 Å². The SMILES string of the molecule is CCC(=O)c1ccc(OCc2nc(C)no2)cc1. The van der Waals surface area contributed by atoms with E-state index in [1.54, 1.807) is 31.2 Å². The Morgan fingerprint density at radius 2 is 2.06 bits per heavy atom. The van der Waals surface area contributed by atoms with Gasteiger partial charge in [-0.15, -0.1) is 0 Å². The van der Waals surface area contributed by atoms with Crippen molar-refractivity contribution >= 4 is 5.78 Å². The smallest absolute Gasteiger partial charge is 0.264 e. The molecule has 0 bridgehead atoms. The van der Waals surface area contributed by atoms with Crippen LogP contribution in [0.3, 0.4) is 0 Å². The fourth-order valence-corrected chi connectivity index (χ4v) is 1.48. The van der Waals surface area contributed by atoms with Crippen LogP contribution in [-0.4, -0.2) is 15.9 Å². The van der Waals surface area contributed by atoms with Gasteiger partial charge >= 0.3 is 0 Å². The summed E-state index contributed by atoms with van der Waals surface area (Å²) in [5.41, 5.74) is 0.693. The second kappa shape index (κ2) is 5.44. The zero-order chi connectivity index (χ0) is 13.0. The van der Waals surface area contributed by atoms with Crippen molar-refractivity contribution in [3.05, 3.63) is 41.5 Å². The molecule has 2 rings (SSSR count). The third-order valence-electron chi connectivity index (χ3n) is 2.43. The molecule has 0 unspecified atom stereocenters. The maximum absolute atomic E-state index is 11.4. The number of carbonyl (C=O) groups excluding carboxylic acids is 1. The quantitative estimate of drug-likeness (QED) is 0.758. The van der Waals surface area contributed by atoms with Crippen LogP contribution in [0.5, 0.6) is 5.75 Å². The monoisotopic (exact) mass is 246 g/mol. The van der Waals surface area contributed by atoms with Gasteiger partial charge in [0.25, 0.3) is 5.89 Å². The lowest BCUT2D eigenvalue weighted by atomic mass is 10.1. The Morgan fingerprint density at radius 3 is 2.61 bits per heavy atom. The lowest BCUT2D eigenvalue weighted by molar-refractivity contribution is 0.0988. The third-order valence-corrected chi connectivity index (χ3v) is 2.43. The van der Waals surface area contributed by atoms with Crippen LogP contribution < -0.4 is 4.74 Å². The van der Waals surface area contributed by atoms with Gasteiger partial charge in [0.2, 0.25) is 0 Å². The van der Waals surface area contributed by atoms with E-state index >= 15 is 0 Å². The predicted octanol–water partition coefficient (Wildman–Crippen LogP) is 2.55. The number of nitrogens with zero attached hydrogens (tertiary/aromatic N) is 2. The van der Waals surface area contributed by atoms with E-state index in [-0.39, 0.29) is 12.4 Å². The molecule has 0 radical (unpaired) electrons. The highest BCUT2D eigenvalue weighted by Crippen LogP contribution is 2.14.